The van der Waals surface area contributed by atoms with E-state index in [1.807, 2.05) is 113 Å². The summed E-state index contributed by atoms with van der Waals surface area (Å²) in [5, 5.41) is 10.8. The van der Waals surface area contributed by atoms with Gasteiger partial charge in [-0.05, 0) is 69.5 Å². The maximum absolute atomic E-state index is 13.4. The van der Waals surface area contributed by atoms with Crippen LogP contribution < -0.4 is 10.6 Å². The fourth-order valence-corrected chi connectivity index (χ4v) is 4.30. The molecule has 0 fully saturated rings. The predicted molar refractivity (Wildman–Crippen MR) is 149 cm³/mol. The van der Waals surface area contributed by atoms with Gasteiger partial charge in [-0.1, -0.05) is 60.7 Å². The molecule has 4 aromatic rings. The van der Waals surface area contributed by atoms with Crippen LogP contribution in [-0.4, -0.2) is 39.2 Å². The van der Waals surface area contributed by atoms with Crippen LogP contribution in [0.1, 0.15) is 30.7 Å². The van der Waals surface area contributed by atoms with Crippen LogP contribution in [0.25, 0.3) is 16.8 Å². The van der Waals surface area contributed by atoms with Gasteiger partial charge in [-0.2, -0.15) is 5.10 Å². The smallest absolute Gasteiger partial charge is 0.313 e. The number of anilines is 2. The summed E-state index contributed by atoms with van der Waals surface area (Å²) >= 11 is 0. The predicted octanol–water partition coefficient (Wildman–Crippen LogP) is 6.35. The SMILES string of the molecule is Cc1cccc(NC(=O)N(CC(=O)Nc2c(-c3ccccc3)c(C)nn2-c2ccccc2C)C(C)C)c1. The molecule has 0 bridgehead atoms. The van der Waals surface area contributed by atoms with E-state index < -0.39 is 0 Å². The molecule has 37 heavy (non-hydrogen) atoms. The second-order valence-corrected chi connectivity index (χ2v) is 9.44. The minimum atomic E-state index is -0.331. The van der Waals surface area contributed by atoms with E-state index in [2.05, 4.69) is 10.6 Å². The molecule has 3 amide bonds. The maximum Gasteiger partial charge on any atom is 0.322 e. The molecule has 190 valence electrons. The number of benzene rings is 3. The number of amides is 3. The van der Waals surface area contributed by atoms with E-state index in [-0.39, 0.29) is 24.5 Å². The number of rotatable bonds is 7. The lowest BCUT2D eigenvalue weighted by Crippen LogP contribution is -2.44. The number of hydrogen-bond donors (Lipinski definition) is 2. The van der Waals surface area contributed by atoms with Crippen molar-refractivity contribution >= 4 is 23.4 Å². The number of para-hydroxylation sites is 1. The van der Waals surface area contributed by atoms with E-state index in [0.717, 1.165) is 33.6 Å². The van der Waals surface area contributed by atoms with Crippen molar-refractivity contribution in [3.8, 4) is 16.8 Å². The van der Waals surface area contributed by atoms with Gasteiger partial charge in [0.15, 0.2) is 0 Å². The lowest BCUT2D eigenvalue weighted by atomic mass is 10.1. The molecule has 3 aromatic carbocycles. The number of nitrogens with one attached hydrogen (secondary N) is 2. The molecule has 2 N–H and O–H groups in total. The van der Waals surface area contributed by atoms with Crippen molar-refractivity contribution in [2.45, 2.75) is 40.7 Å². The normalized spacial score (nSPS) is 10.9. The van der Waals surface area contributed by atoms with Crippen molar-refractivity contribution in [1.29, 1.82) is 0 Å². The largest absolute Gasteiger partial charge is 0.322 e. The van der Waals surface area contributed by atoms with Crippen LogP contribution in [0, 0.1) is 20.8 Å². The second-order valence-electron chi connectivity index (χ2n) is 9.44. The Morgan fingerprint density at radius 2 is 1.59 bits per heavy atom. The molecule has 4 rings (SSSR count). The molecule has 0 saturated heterocycles. The quantitative estimate of drug-likeness (QED) is 0.314. The summed E-state index contributed by atoms with van der Waals surface area (Å²) < 4.78 is 1.78. The number of hydrogen-bond acceptors (Lipinski definition) is 3. The minimum Gasteiger partial charge on any atom is -0.313 e. The van der Waals surface area contributed by atoms with Gasteiger partial charge in [-0.25, -0.2) is 9.48 Å². The number of nitrogens with zero attached hydrogens (tertiary/aromatic N) is 3. The Hall–Kier alpha value is -4.39. The van der Waals surface area contributed by atoms with Gasteiger partial charge < -0.3 is 15.5 Å². The van der Waals surface area contributed by atoms with Crippen LogP contribution in [-0.2, 0) is 4.79 Å². The Morgan fingerprint density at radius 3 is 2.27 bits per heavy atom. The fourth-order valence-electron chi connectivity index (χ4n) is 4.30. The Balaban J connectivity index is 1.65. The summed E-state index contributed by atoms with van der Waals surface area (Å²) in [7, 11) is 0. The van der Waals surface area contributed by atoms with E-state index in [0.29, 0.717) is 11.5 Å². The van der Waals surface area contributed by atoms with Gasteiger partial charge >= 0.3 is 6.03 Å². The molecule has 0 aliphatic rings. The second kappa shape index (κ2) is 11.1. The van der Waals surface area contributed by atoms with Crippen molar-refractivity contribution < 1.29 is 9.59 Å². The summed E-state index contributed by atoms with van der Waals surface area (Å²) in [6.45, 7) is 9.58. The van der Waals surface area contributed by atoms with Crippen molar-refractivity contribution in [2.75, 3.05) is 17.2 Å². The maximum atomic E-state index is 13.4. The molecule has 1 aromatic heterocycles. The average molecular weight is 496 g/mol. The Labute approximate surface area is 218 Å². The zero-order valence-corrected chi connectivity index (χ0v) is 21.9. The lowest BCUT2D eigenvalue weighted by Gasteiger charge is -2.26. The first kappa shape index (κ1) is 25.7. The van der Waals surface area contributed by atoms with Gasteiger partial charge in [0.05, 0.1) is 11.4 Å². The average Bonchev–Trinajstić information content (AvgIpc) is 3.18. The Morgan fingerprint density at radius 1 is 0.892 bits per heavy atom. The third-order valence-corrected chi connectivity index (χ3v) is 6.19. The Bertz CT molecular complexity index is 1410. The molecule has 7 heteroatoms. The standard InChI is InChI=1S/C30H33N5O2/c1-20(2)34(30(37)31-25-16-11-12-21(3)18-25)19-27(36)32-29-28(24-14-7-6-8-15-24)23(5)33-35(29)26-17-10-9-13-22(26)4/h6-18,20H,19H2,1-5H3,(H,31,37)(H,32,36). The van der Waals surface area contributed by atoms with Crippen LogP contribution in [0.2, 0.25) is 0 Å². The fraction of sp³-hybridized carbons (Fsp3) is 0.233. The summed E-state index contributed by atoms with van der Waals surface area (Å²) in [5.41, 5.74) is 6.23. The van der Waals surface area contributed by atoms with Gasteiger partial charge in [-0.3, -0.25) is 4.79 Å². The van der Waals surface area contributed by atoms with E-state index >= 15 is 0 Å². The van der Waals surface area contributed by atoms with Crippen LogP contribution in [0.4, 0.5) is 16.3 Å². The topological polar surface area (TPSA) is 79.3 Å². The van der Waals surface area contributed by atoms with Gasteiger partial charge in [-0.15, -0.1) is 0 Å². The first-order valence-corrected chi connectivity index (χ1v) is 12.4. The highest BCUT2D eigenvalue weighted by molar-refractivity contribution is 5.99. The highest BCUT2D eigenvalue weighted by Crippen LogP contribution is 2.34. The molecule has 0 radical (unpaired) electrons. The summed E-state index contributed by atoms with van der Waals surface area (Å²) in [5.74, 6) is 0.269. The molecular weight excluding hydrogens is 462 g/mol. The lowest BCUT2D eigenvalue weighted by molar-refractivity contribution is -0.117. The van der Waals surface area contributed by atoms with Gasteiger partial charge in [0.2, 0.25) is 5.91 Å². The highest BCUT2D eigenvalue weighted by atomic mass is 16.2. The molecule has 0 spiro atoms. The zero-order valence-electron chi connectivity index (χ0n) is 21.9. The third kappa shape index (κ3) is 5.89. The molecule has 0 aliphatic carbocycles. The van der Waals surface area contributed by atoms with Crippen molar-refractivity contribution in [1.82, 2.24) is 14.7 Å². The number of aryl methyl sites for hydroxylation is 3. The number of carbonyl (C=O) groups excluding carboxylic acids is 2. The zero-order chi connectivity index (χ0) is 26.5. The molecule has 7 nitrogen and oxygen atoms in total. The molecular formula is C30H33N5O2. The van der Waals surface area contributed by atoms with Crippen molar-refractivity contribution in [3.63, 3.8) is 0 Å². The number of urea groups is 1. The van der Waals surface area contributed by atoms with Gasteiger partial charge in [0, 0.05) is 17.3 Å². The minimum absolute atomic E-state index is 0.110. The van der Waals surface area contributed by atoms with E-state index in [4.69, 9.17) is 5.10 Å². The van der Waals surface area contributed by atoms with Gasteiger partial charge in [0.25, 0.3) is 0 Å². The van der Waals surface area contributed by atoms with Gasteiger partial charge in [0.1, 0.15) is 12.4 Å². The van der Waals surface area contributed by atoms with E-state index in [9.17, 15) is 9.59 Å². The number of carbonyl (C=O) groups is 2. The molecule has 1 heterocycles. The number of aromatic nitrogens is 2. The molecule has 0 aliphatic heterocycles. The van der Waals surface area contributed by atoms with E-state index in [1.165, 1.54) is 4.90 Å². The Kier molecular flexibility index (Phi) is 7.72. The monoisotopic (exact) mass is 495 g/mol. The van der Waals surface area contributed by atoms with Crippen LogP contribution >= 0.6 is 0 Å². The first-order valence-electron chi connectivity index (χ1n) is 12.4. The molecule has 0 saturated carbocycles. The summed E-state index contributed by atoms with van der Waals surface area (Å²) in [4.78, 5) is 28.0. The molecule has 0 atom stereocenters. The van der Waals surface area contributed by atoms with Crippen LogP contribution in [0.3, 0.4) is 0 Å². The van der Waals surface area contributed by atoms with Crippen LogP contribution in [0.15, 0.2) is 78.9 Å². The van der Waals surface area contributed by atoms with Crippen LogP contribution in [0.5, 0.6) is 0 Å². The highest BCUT2D eigenvalue weighted by Gasteiger charge is 2.24. The van der Waals surface area contributed by atoms with Crippen molar-refractivity contribution in [3.05, 3.63) is 95.7 Å². The summed E-state index contributed by atoms with van der Waals surface area (Å²) in [6, 6.07) is 24.8. The third-order valence-electron chi connectivity index (χ3n) is 6.19. The van der Waals surface area contributed by atoms with Crippen molar-refractivity contribution in [2.24, 2.45) is 0 Å². The first-order chi connectivity index (χ1) is 17.7. The van der Waals surface area contributed by atoms with E-state index in [1.54, 1.807) is 4.68 Å². The summed E-state index contributed by atoms with van der Waals surface area (Å²) in [6.07, 6.45) is 0. The molecule has 0 unspecified atom stereocenters.